The molecule has 130 valence electrons. The zero-order valence-electron chi connectivity index (χ0n) is 14.6. The Bertz CT molecular complexity index is 751. The smallest absolute Gasteiger partial charge is 0.333 e. The van der Waals surface area contributed by atoms with Crippen LogP contribution in [0.15, 0.2) is 66.2 Å². The van der Waals surface area contributed by atoms with E-state index in [4.69, 9.17) is 0 Å². The number of carboxylic acid groups (broad SMARTS) is 1. The van der Waals surface area contributed by atoms with Crippen LogP contribution in [0.25, 0.3) is 0 Å². The molecule has 0 aromatic heterocycles. The van der Waals surface area contributed by atoms with Gasteiger partial charge in [0.1, 0.15) is 5.94 Å². The van der Waals surface area contributed by atoms with Crippen LogP contribution in [0.4, 0.5) is 0 Å². The summed E-state index contributed by atoms with van der Waals surface area (Å²) in [6.45, 7) is 2.28. The van der Waals surface area contributed by atoms with Crippen molar-refractivity contribution < 1.29 is 14.7 Å². The fourth-order valence-electron chi connectivity index (χ4n) is 3.23. The second kappa shape index (κ2) is 8.43. The van der Waals surface area contributed by atoms with Crippen LogP contribution in [0.2, 0.25) is 0 Å². The van der Waals surface area contributed by atoms with Crippen LogP contribution in [0.5, 0.6) is 0 Å². The summed E-state index contributed by atoms with van der Waals surface area (Å²) in [4.78, 5) is 25.7. The molecular formula is C21H23NO3. The third-order valence-electron chi connectivity index (χ3n) is 4.57. The lowest BCUT2D eigenvalue weighted by Crippen LogP contribution is -2.52. The van der Waals surface area contributed by atoms with E-state index in [0.29, 0.717) is 24.9 Å². The van der Waals surface area contributed by atoms with E-state index in [0.717, 1.165) is 5.56 Å². The maximum absolute atomic E-state index is 12.4. The summed E-state index contributed by atoms with van der Waals surface area (Å²) in [5, 5.41) is 10.1. The van der Waals surface area contributed by atoms with Crippen LogP contribution >= 0.6 is 0 Å². The van der Waals surface area contributed by atoms with Gasteiger partial charge < -0.3 is 5.11 Å². The molecule has 0 bridgehead atoms. The van der Waals surface area contributed by atoms with Crippen molar-refractivity contribution in [3.63, 3.8) is 0 Å². The Labute approximate surface area is 148 Å². The molecular weight excluding hydrogens is 314 g/mol. The van der Waals surface area contributed by atoms with Gasteiger partial charge in [-0.05, 0) is 31.0 Å². The number of nitrogens with zero attached hydrogens (tertiary/aromatic N) is 1. The SMILES string of the molecule is CCC(=C=O)C(C(=O)O)(c1ccccc1)N(C)CCc1ccccc1. The van der Waals surface area contributed by atoms with Crippen molar-refractivity contribution in [1.82, 2.24) is 4.90 Å². The molecule has 0 aliphatic carbocycles. The van der Waals surface area contributed by atoms with E-state index < -0.39 is 11.5 Å². The van der Waals surface area contributed by atoms with Gasteiger partial charge in [0.05, 0.1) is 0 Å². The number of aliphatic carboxylic acids is 1. The highest BCUT2D eigenvalue weighted by Crippen LogP contribution is 2.36. The second-order valence-corrected chi connectivity index (χ2v) is 5.97. The Hall–Kier alpha value is -2.68. The fourth-order valence-corrected chi connectivity index (χ4v) is 3.23. The van der Waals surface area contributed by atoms with E-state index in [9.17, 15) is 14.7 Å². The van der Waals surface area contributed by atoms with E-state index in [1.807, 2.05) is 42.3 Å². The van der Waals surface area contributed by atoms with Crippen molar-refractivity contribution in [3.8, 4) is 0 Å². The molecule has 0 aliphatic rings. The zero-order chi connectivity index (χ0) is 18.3. The Kier molecular flexibility index (Phi) is 6.29. The van der Waals surface area contributed by atoms with Crippen molar-refractivity contribution in [1.29, 1.82) is 0 Å². The molecule has 1 atom stereocenters. The molecule has 0 spiro atoms. The summed E-state index contributed by atoms with van der Waals surface area (Å²) in [6.07, 6.45) is 1.01. The van der Waals surface area contributed by atoms with Crippen LogP contribution < -0.4 is 0 Å². The van der Waals surface area contributed by atoms with E-state index >= 15 is 0 Å². The van der Waals surface area contributed by atoms with Crippen LogP contribution in [0.3, 0.4) is 0 Å². The topological polar surface area (TPSA) is 57.6 Å². The quantitative estimate of drug-likeness (QED) is 0.751. The first-order valence-electron chi connectivity index (χ1n) is 8.35. The van der Waals surface area contributed by atoms with Gasteiger partial charge in [-0.3, -0.25) is 4.90 Å². The van der Waals surface area contributed by atoms with Gasteiger partial charge in [0.2, 0.25) is 0 Å². The highest BCUT2D eigenvalue weighted by atomic mass is 16.4. The summed E-state index contributed by atoms with van der Waals surface area (Å²) in [5.74, 6) is 0.835. The van der Waals surface area contributed by atoms with Gasteiger partial charge in [0.25, 0.3) is 0 Å². The maximum Gasteiger partial charge on any atom is 0.333 e. The molecule has 1 N–H and O–H groups in total. The summed E-state index contributed by atoms with van der Waals surface area (Å²) in [5.41, 5.74) is 0.405. The predicted octanol–water partition coefficient (Wildman–Crippen LogP) is 3.31. The predicted molar refractivity (Wildman–Crippen MR) is 98.0 cm³/mol. The monoisotopic (exact) mass is 337 g/mol. The van der Waals surface area contributed by atoms with Gasteiger partial charge in [-0.15, -0.1) is 0 Å². The van der Waals surface area contributed by atoms with Gasteiger partial charge >= 0.3 is 5.97 Å². The van der Waals surface area contributed by atoms with Crippen molar-refractivity contribution in [2.75, 3.05) is 13.6 Å². The summed E-state index contributed by atoms with van der Waals surface area (Å²) < 4.78 is 0. The van der Waals surface area contributed by atoms with Gasteiger partial charge in [-0.1, -0.05) is 67.6 Å². The molecule has 25 heavy (non-hydrogen) atoms. The normalized spacial score (nSPS) is 13.1. The minimum Gasteiger partial charge on any atom is -0.479 e. The van der Waals surface area contributed by atoms with E-state index in [-0.39, 0.29) is 5.57 Å². The number of benzene rings is 2. The number of hydrogen-bond donors (Lipinski definition) is 1. The van der Waals surface area contributed by atoms with E-state index in [1.54, 1.807) is 43.1 Å². The highest BCUT2D eigenvalue weighted by Gasteiger charge is 2.47. The van der Waals surface area contributed by atoms with Crippen LogP contribution in [-0.4, -0.2) is 35.5 Å². The number of carboxylic acids is 1. The number of rotatable bonds is 8. The summed E-state index contributed by atoms with van der Waals surface area (Å²) in [7, 11) is 1.75. The molecule has 0 aliphatic heterocycles. The fraction of sp³-hybridized carbons (Fsp3) is 0.286. The van der Waals surface area contributed by atoms with Crippen LogP contribution in [0, 0.1) is 0 Å². The minimum atomic E-state index is -1.51. The maximum atomic E-state index is 12.4. The average molecular weight is 337 g/mol. The number of hydrogen-bond acceptors (Lipinski definition) is 3. The molecule has 0 saturated carbocycles. The van der Waals surface area contributed by atoms with Gasteiger partial charge in [-0.25, -0.2) is 9.59 Å². The van der Waals surface area contributed by atoms with Crippen LogP contribution in [0.1, 0.15) is 24.5 Å². The Morgan fingerprint density at radius 3 is 2.12 bits per heavy atom. The third kappa shape index (κ3) is 3.71. The lowest BCUT2D eigenvalue weighted by molar-refractivity contribution is -0.149. The first kappa shape index (κ1) is 18.7. The van der Waals surface area contributed by atoms with Crippen molar-refractivity contribution in [2.24, 2.45) is 0 Å². The lowest BCUT2D eigenvalue weighted by atomic mass is 9.80. The number of carbonyl (C=O) groups excluding carboxylic acids is 1. The van der Waals surface area contributed by atoms with E-state index in [2.05, 4.69) is 0 Å². The van der Waals surface area contributed by atoms with Gasteiger partial charge in [0.15, 0.2) is 5.54 Å². The second-order valence-electron chi connectivity index (χ2n) is 5.97. The number of likely N-dealkylation sites (N-methyl/N-ethyl adjacent to an activating group) is 1. The molecule has 2 rings (SSSR count). The van der Waals surface area contributed by atoms with Crippen molar-refractivity contribution >= 4 is 11.9 Å². The summed E-state index contributed by atoms with van der Waals surface area (Å²) >= 11 is 0. The van der Waals surface area contributed by atoms with Crippen LogP contribution in [-0.2, 0) is 21.5 Å². The minimum absolute atomic E-state index is 0.224. The Morgan fingerprint density at radius 2 is 1.64 bits per heavy atom. The third-order valence-corrected chi connectivity index (χ3v) is 4.57. The molecule has 4 nitrogen and oxygen atoms in total. The van der Waals surface area contributed by atoms with Crippen molar-refractivity contribution in [3.05, 3.63) is 77.4 Å². The zero-order valence-corrected chi connectivity index (χ0v) is 14.6. The lowest BCUT2D eigenvalue weighted by Gasteiger charge is -2.39. The molecule has 0 amide bonds. The Balaban J connectivity index is 2.46. The molecule has 0 fully saturated rings. The first-order valence-corrected chi connectivity index (χ1v) is 8.35. The Morgan fingerprint density at radius 1 is 1.08 bits per heavy atom. The molecule has 0 heterocycles. The molecule has 4 heteroatoms. The number of carbonyl (C=O) groups is 1. The molecule has 2 aromatic rings. The van der Waals surface area contributed by atoms with Gasteiger partial charge in [-0.2, -0.15) is 0 Å². The first-order chi connectivity index (χ1) is 12.1. The average Bonchev–Trinajstić information content (AvgIpc) is 2.65. The van der Waals surface area contributed by atoms with Crippen molar-refractivity contribution in [2.45, 2.75) is 25.3 Å². The standard InChI is InChI=1S/C21H23NO3/c1-3-18(16-23)21(20(24)25,19-12-8-5-9-13-19)22(2)15-14-17-10-6-4-7-11-17/h4-13H,3,14-15H2,1-2H3,(H,24,25). The molecule has 0 saturated heterocycles. The van der Waals surface area contributed by atoms with Gasteiger partial charge in [0, 0.05) is 12.1 Å². The molecule has 2 aromatic carbocycles. The summed E-state index contributed by atoms with van der Waals surface area (Å²) in [6, 6.07) is 18.8. The highest BCUT2D eigenvalue weighted by molar-refractivity contribution is 5.88. The molecule has 0 radical (unpaired) electrons. The van der Waals surface area contributed by atoms with E-state index in [1.165, 1.54) is 0 Å². The largest absolute Gasteiger partial charge is 0.479 e. The molecule has 1 unspecified atom stereocenters.